The number of hydrogen-bond donors (Lipinski definition) is 0. The van der Waals surface area contributed by atoms with Crippen molar-refractivity contribution in [2.45, 2.75) is 31.6 Å². The lowest BCUT2D eigenvalue weighted by atomic mass is 10.1. The summed E-state index contributed by atoms with van der Waals surface area (Å²) in [5, 5.41) is 0. The fraction of sp³-hybridized carbons (Fsp3) is 0.462. The van der Waals surface area contributed by atoms with Gasteiger partial charge in [-0.05, 0) is 40.4 Å². The van der Waals surface area contributed by atoms with Gasteiger partial charge in [-0.1, -0.05) is 20.3 Å². The van der Waals surface area contributed by atoms with Gasteiger partial charge in [0.25, 0.3) is 9.05 Å². The van der Waals surface area contributed by atoms with Gasteiger partial charge in [0.2, 0.25) is 0 Å². The Balaban J connectivity index is 3.00. The van der Waals surface area contributed by atoms with E-state index in [0.29, 0.717) is 0 Å². The summed E-state index contributed by atoms with van der Waals surface area (Å²) >= 11 is 2.89. The molecule has 0 saturated carbocycles. The quantitative estimate of drug-likeness (QED) is 0.532. The van der Waals surface area contributed by atoms with E-state index in [0.717, 1.165) is 25.0 Å². The van der Waals surface area contributed by atoms with Gasteiger partial charge in [-0.3, -0.25) is 0 Å². The highest BCUT2D eigenvalue weighted by molar-refractivity contribution is 9.10. The summed E-state index contributed by atoms with van der Waals surface area (Å²) in [6.07, 6.45) is 1.82. The maximum absolute atomic E-state index is 13.8. The molecule has 0 bridgehead atoms. The van der Waals surface area contributed by atoms with Crippen LogP contribution >= 0.6 is 26.6 Å². The second kappa shape index (κ2) is 7.56. The number of rotatable bonds is 6. The van der Waals surface area contributed by atoms with Crippen LogP contribution in [0.3, 0.4) is 0 Å². The fourth-order valence-electron chi connectivity index (χ4n) is 1.74. The molecular weight excluding hydrogens is 387 g/mol. The molecule has 0 N–H and O–H groups in total. The lowest BCUT2D eigenvalue weighted by Gasteiger charge is -2.12. The maximum Gasteiger partial charge on any atom is 0.341 e. The van der Waals surface area contributed by atoms with E-state index in [-0.39, 0.29) is 21.9 Å². The molecule has 1 aromatic carbocycles. The molecule has 0 fully saturated rings. The van der Waals surface area contributed by atoms with Crippen molar-refractivity contribution in [1.29, 1.82) is 0 Å². The third-order valence-corrected chi connectivity index (χ3v) is 5.06. The Morgan fingerprint density at radius 1 is 1.48 bits per heavy atom. The predicted octanol–water partition coefficient (Wildman–Crippen LogP) is 4.11. The second-order valence-corrected chi connectivity index (χ2v) is 8.08. The molecule has 8 heteroatoms. The fourth-order valence-corrected chi connectivity index (χ4v) is 3.91. The molecule has 1 aromatic rings. The maximum atomic E-state index is 13.8. The first-order chi connectivity index (χ1) is 9.66. The Hall–Kier alpha value is -0.660. The molecule has 118 valence electrons. The van der Waals surface area contributed by atoms with Gasteiger partial charge in [0.15, 0.2) is 0 Å². The SMILES string of the molecule is CCCC(C)COC(=O)c1cc(S(=O)(=O)Cl)c(Br)cc1F. The van der Waals surface area contributed by atoms with Gasteiger partial charge in [-0.15, -0.1) is 0 Å². The summed E-state index contributed by atoms with van der Waals surface area (Å²) in [6, 6.07) is 1.75. The second-order valence-electron chi connectivity index (χ2n) is 4.69. The zero-order valence-electron chi connectivity index (χ0n) is 11.5. The monoisotopic (exact) mass is 400 g/mol. The minimum absolute atomic E-state index is 0.0501. The lowest BCUT2D eigenvalue weighted by molar-refractivity contribution is 0.0438. The number of hydrogen-bond acceptors (Lipinski definition) is 4. The van der Waals surface area contributed by atoms with Gasteiger partial charge < -0.3 is 4.74 Å². The van der Waals surface area contributed by atoms with Crippen LogP contribution in [-0.4, -0.2) is 21.0 Å². The van der Waals surface area contributed by atoms with Gasteiger partial charge in [0.1, 0.15) is 5.82 Å². The zero-order chi connectivity index (χ0) is 16.2. The first kappa shape index (κ1) is 18.4. The number of benzene rings is 1. The molecule has 0 aliphatic rings. The highest BCUT2D eigenvalue weighted by atomic mass is 79.9. The average Bonchev–Trinajstić information content (AvgIpc) is 2.34. The molecule has 21 heavy (non-hydrogen) atoms. The van der Waals surface area contributed by atoms with E-state index in [9.17, 15) is 17.6 Å². The van der Waals surface area contributed by atoms with Crippen molar-refractivity contribution in [3.63, 3.8) is 0 Å². The zero-order valence-corrected chi connectivity index (χ0v) is 14.7. The van der Waals surface area contributed by atoms with Crippen molar-refractivity contribution in [2.75, 3.05) is 6.61 Å². The lowest BCUT2D eigenvalue weighted by Crippen LogP contribution is -2.14. The Labute approximate surface area is 136 Å². The Bertz CT molecular complexity index is 633. The van der Waals surface area contributed by atoms with Crippen LogP contribution in [-0.2, 0) is 13.8 Å². The molecule has 4 nitrogen and oxygen atoms in total. The molecule has 0 amide bonds. The highest BCUT2D eigenvalue weighted by Gasteiger charge is 2.22. The van der Waals surface area contributed by atoms with Crippen LogP contribution in [0.1, 0.15) is 37.0 Å². The van der Waals surface area contributed by atoms with Crippen molar-refractivity contribution in [3.05, 3.63) is 28.0 Å². The Morgan fingerprint density at radius 2 is 2.10 bits per heavy atom. The Morgan fingerprint density at radius 3 is 2.62 bits per heavy atom. The predicted molar refractivity (Wildman–Crippen MR) is 81.5 cm³/mol. The number of carbonyl (C=O) groups is 1. The number of ether oxygens (including phenoxy) is 1. The smallest absolute Gasteiger partial charge is 0.341 e. The number of halogens is 3. The van der Waals surface area contributed by atoms with Crippen LogP contribution in [0.25, 0.3) is 0 Å². The van der Waals surface area contributed by atoms with E-state index in [4.69, 9.17) is 15.4 Å². The van der Waals surface area contributed by atoms with Crippen molar-refractivity contribution >= 4 is 41.6 Å². The summed E-state index contributed by atoms with van der Waals surface area (Å²) in [5.41, 5.74) is -0.457. The molecule has 0 saturated heterocycles. The van der Waals surface area contributed by atoms with E-state index in [1.165, 1.54) is 0 Å². The number of carbonyl (C=O) groups excluding carboxylic acids is 1. The topological polar surface area (TPSA) is 60.4 Å². The summed E-state index contributed by atoms with van der Waals surface area (Å²) in [6.45, 7) is 4.05. The summed E-state index contributed by atoms with van der Waals surface area (Å²) in [5.74, 6) is -1.64. The van der Waals surface area contributed by atoms with Crippen molar-refractivity contribution in [3.8, 4) is 0 Å². The largest absolute Gasteiger partial charge is 0.462 e. The molecule has 0 radical (unpaired) electrons. The van der Waals surface area contributed by atoms with Crippen LogP contribution < -0.4 is 0 Å². The van der Waals surface area contributed by atoms with Crippen LogP contribution in [0.2, 0.25) is 0 Å². The summed E-state index contributed by atoms with van der Waals surface area (Å²) in [4.78, 5) is 11.5. The van der Waals surface area contributed by atoms with Crippen molar-refractivity contribution < 1.29 is 22.3 Å². The van der Waals surface area contributed by atoms with Crippen LogP contribution in [0.5, 0.6) is 0 Å². The molecule has 1 atom stereocenters. The first-order valence-corrected chi connectivity index (χ1v) is 9.37. The first-order valence-electron chi connectivity index (χ1n) is 6.27. The van der Waals surface area contributed by atoms with Gasteiger partial charge in [-0.2, -0.15) is 0 Å². The summed E-state index contributed by atoms with van der Waals surface area (Å²) < 4.78 is 41.4. The molecule has 0 spiro atoms. The van der Waals surface area contributed by atoms with Crippen LogP contribution in [0.4, 0.5) is 4.39 Å². The van der Waals surface area contributed by atoms with E-state index in [1.807, 2.05) is 13.8 Å². The van der Waals surface area contributed by atoms with Crippen LogP contribution in [0.15, 0.2) is 21.5 Å². The number of esters is 1. The van der Waals surface area contributed by atoms with E-state index >= 15 is 0 Å². The van der Waals surface area contributed by atoms with E-state index in [1.54, 1.807) is 0 Å². The minimum atomic E-state index is -4.10. The molecular formula is C13H15BrClFO4S. The van der Waals surface area contributed by atoms with Crippen molar-refractivity contribution in [2.24, 2.45) is 5.92 Å². The van der Waals surface area contributed by atoms with E-state index < -0.39 is 26.4 Å². The third kappa shape index (κ3) is 5.23. The average molecular weight is 402 g/mol. The summed E-state index contributed by atoms with van der Waals surface area (Å²) in [7, 11) is 1.13. The van der Waals surface area contributed by atoms with Gasteiger partial charge in [0, 0.05) is 15.2 Å². The molecule has 0 heterocycles. The molecule has 1 unspecified atom stereocenters. The Kier molecular flexibility index (Phi) is 6.62. The minimum Gasteiger partial charge on any atom is -0.462 e. The van der Waals surface area contributed by atoms with Crippen molar-refractivity contribution in [1.82, 2.24) is 0 Å². The standard InChI is InChI=1S/C13H15BrClFO4S/c1-3-4-8(2)7-20-13(17)9-5-12(21(15,18)19)10(14)6-11(9)16/h5-6,8H,3-4,7H2,1-2H3. The molecule has 0 aliphatic carbocycles. The molecule has 0 aliphatic heterocycles. The molecule has 0 aromatic heterocycles. The van der Waals surface area contributed by atoms with E-state index in [2.05, 4.69) is 15.9 Å². The van der Waals surface area contributed by atoms with Crippen LogP contribution in [0, 0.1) is 11.7 Å². The van der Waals surface area contributed by atoms with Gasteiger partial charge in [-0.25, -0.2) is 17.6 Å². The van der Waals surface area contributed by atoms with Gasteiger partial charge in [0.05, 0.1) is 17.1 Å². The highest BCUT2D eigenvalue weighted by Crippen LogP contribution is 2.28. The third-order valence-electron chi connectivity index (χ3n) is 2.78. The molecule has 1 rings (SSSR count). The van der Waals surface area contributed by atoms with Gasteiger partial charge >= 0.3 is 5.97 Å². The normalized spacial score (nSPS) is 13.0.